The lowest BCUT2D eigenvalue weighted by atomic mass is 10.2. The van der Waals surface area contributed by atoms with E-state index in [0.717, 1.165) is 4.68 Å². The molecule has 1 heterocycles. The van der Waals surface area contributed by atoms with Crippen LogP contribution < -0.4 is 11.0 Å². The molecule has 0 aliphatic carbocycles. The summed E-state index contributed by atoms with van der Waals surface area (Å²) in [7, 11) is 0. The van der Waals surface area contributed by atoms with Crippen molar-refractivity contribution in [3.63, 3.8) is 0 Å². The Bertz CT molecular complexity index is 623. The van der Waals surface area contributed by atoms with Gasteiger partial charge in [-0.3, -0.25) is 14.4 Å². The first kappa shape index (κ1) is 12.2. The summed E-state index contributed by atoms with van der Waals surface area (Å²) < 4.78 is 0.997. The minimum Gasteiger partial charge on any atom is -0.274 e. The number of carbonyl (C=O) groups excluding carboxylic acids is 1. The molecule has 2 aromatic rings. The number of nitrogens with one attached hydrogen (secondary N) is 1. The Labute approximate surface area is 102 Å². The maximum atomic E-state index is 12.0. The second kappa shape index (κ2) is 5.37. The standard InChI is InChI=1S/C11H12N4O3/c1-2-18-13-10(16)7-15-11(17)8-5-3-4-6-9(8)12-14-15/h3-6H,2,7H2,1H3,(H,13,16). The van der Waals surface area contributed by atoms with Crippen molar-refractivity contribution in [2.24, 2.45) is 0 Å². The zero-order chi connectivity index (χ0) is 13.0. The van der Waals surface area contributed by atoms with Crippen molar-refractivity contribution >= 4 is 16.8 Å². The van der Waals surface area contributed by atoms with Crippen LogP contribution in [0.1, 0.15) is 6.92 Å². The average Bonchev–Trinajstić information content (AvgIpc) is 2.40. The lowest BCUT2D eigenvalue weighted by Crippen LogP contribution is -2.34. The normalized spacial score (nSPS) is 10.5. The second-order valence-electron chi connectivity index (χ2n) is 3.53. The Balaban J connectivity index is 2.27. The molecule has 7 nitrogen and oxygen atoms in total. The van der Waals surface area contributed by atoms with Crippen LogP contribution >= 0.6 is 0 Å². The predicted molar refractivity (Wildman–Crippen MR) is 63.6 cm³/mol. The largest absolute Gasteiger partial charge is 0.278 e. The summed E-state index contributed by atoms with van der Waals surface area (Å²) in [6, 6.07) is 6.83. The predicted octanol–water partition coefficient (Wildman–Crippen LogP) is -0.141. The molecule has 0 bridgehead atoms. The number of hydroxylamine groups is 1. The summed E-state index contributed by atoms with van der Waals surface area (Å²) in [5.41, 5.74) is 2.34. The van der Waals surface area contributed by atoms with Gasteiger partial charge in [-0.2, -0.15) is 0 Å². The van der Waals surface area contributed by atoms with Crippen molar-refractivity contribution in [1.82, 2.24) is 20.5 Å². The smallest absolute Gasteiger partial charge is 0.274 e. The van der Waals surface area contributed by atoms with Gasteiger partial charge in [0.25, 0.3) is 11.5 Å². The Hall–Kier alpha value is -2.28. The maximum Gasteiger partial charge on any atom is 0.278 e. The third kappa shape index (κ3) is 2.51. The fourth-order valence-corrected chi connectivity index (χ4v) is 1.45. The molecule has 0 radical (unpaired) electrons. The maximum absolute atomic E-state index is 12.0. The molecule has 1 aromatic heterocycles. The number of benzene rings is 1. The lowest BCUT2D eigenvalue weighted by Gasteiger charge is -2.05. The molecule has 0 aliphatic rings. The Morgan fingerprint density at radius 2 is 2.22 bits per heavy atom. The van der Waals surface area contributed by atoms with Crippen molar-refractivity contribution in [2.75, 3.05) is 6.61 Å². The van der Waals surface area contributed by atoms with E-state index in [4.69, 9.17) is 4.84 Å². The number of nitrogens with zero attached hydrogens (tertiary/aromatic N) is 3. The van der Waals surface area contributed by atoms with E-state index in [1.165, 1.54) is 0 Å². The molecule has 18 heavy (non-hydrogen) atoms. The quantitative estimate of drug-likeness (QED) is 0.761. The van der Waals surface area contributed by atoms with E-state index in [2.05, 4.69) is 15.8 Å². The van der Waals surface area contributed by atoms with Gasteiger partial charge in [-0.15, -0.1) is 5.10 Å². The minimum absolute atomic E-state index is 0.226. The molecule has 0 aliphatic heterocycles. The lowest BCUT2D eigenvalue weighted by molar-refractivity contribution is -0.134. The number of rotatable bonds is 4. The van der Waals surface area contributed by atoms with E-state index in [1.807, 2.05) is 0 Å². The third-order valence-electron chi connectivity index (χ3n) is 2.25. The summed E-state index contributed by atoms with van der Waals surface area (Å²) in [5, 5.41) is 7.99. The zero-order valence-electron chi connectivity index (χ0n) is 9.79. The van der Waals surface area contributed by atoms with Crippen molar-refractivity contribution in [3.8, 4) is 0 Å². The van der Waals surface area contributed by atoms with Crippen LogP contribution in [0.4, 0.5) is 0 Å². The number of hydrogen-bond acceptors (Lipinski definition) is 5. The third-order valence-corrected chi connectivity index (χ3v) is 2.25. The first-order chi connectivity index (χ1) is 8.72. The number of aromatic nitrogens is 3. The molecule has 0 atom stereocenters. The number of hydrogen-bond donors (Lipinski definition) is 1. The van der Waals surface area contributed by atoms with Gasteiger partial charge in [-0.1, -0.05) is 17.3 Å². The summed E-state index contributed by atoms with van der Waals surface area (Å²) in [4.78, 5) is 28.1. The molecule has 2 rings (SSSR count). The van der Waals surface area contributed by atoms with Crippen molar-refractivity contribution in [3.05, 3.63) is 34.6 Å². The van der Waals surface area contributed by atoms with Crippen LogP contribution in [0.15, 0.2) is 29.1 Å². The summed E-state index contributed by atoms with van der Waals surface area (Å²) in [6.45, 7) is 1.86. The zero-order valence-corrected chi connectivity index (χ0v) is 9.79. The second-order valence-corrected chi connectivity index (χ2v) is 3.53. The van der Waals surface area contributed by atoms with Gasteiger partial charge in [0, 0.05) is 0 Å². The van der Waals surface area contributed by atoms with E-state index in [9.17, 15) is 9.59 Å². The Morgan fingerprint density at radius 3 is 3.00 bits per heavy atom. The summed E-state index contributed by atoms with van der Waals surface area (Å²) in [5.74, 6) is -0.455. The molecule has 0 saturated heterocycles. The van der Waals surface area contributed by atoms with E-state index in [0.29, 0.717) is 17.5 Å². The van der Waals surface area contributed by atoms with Crippen LogP contribution in [-0.2, 0) is 16.2 Å². The molecule has 1 amide bonds. The van der Waals surface area contributed by atoms with Crippen LogP contribution in [-0.4, -0.2) is 27.5 Å². The highest BCUT2D eigenvalue weighted by Crippen LogP contribution is 2.02. The van der Waals surface area contributed by atoms with E-state index >= 15 is 0 Å². The molecule has 94 valence electrons. The minimum atomic E-state index is -0.455. The van der Waals surface area contributed by atoms with Gasteiger partial charge < -0.3 is 0 Å². The van der Waals surface area contributed by atoms with Gasteiger partial charge in [0.05, 0.1) is 12.0 Å². The van der Waals surface area contributed by atoms with Crippen molar-refractivity contribution in [2.45, 2.75) is 13.5 Å². The van der Waals surface area contributed by atoms with E-state index in [1.54, 1.807) is 31.2 Å². The molecule has 0 saturated carbocycles. The van der Waals surface area contributed by atoms with Gasteiger partial charge in [0.1, 0.15) is 12.1 Å². The first-order valence-electron chi connectivity index (χ1n) is 5.45. The van der Waals surface area contributed by atoms with Crippen LogP contribution in [0.25, 0.3) is 10.9 Å². The van der Waals surface area contributed by atoms with Crippen LogP contribution in [0, 0.1) is 0 Å². The topological polar surface area (TPSA) is 86.1 Å². The molecule has 0 unspecified atom stereocenters. The van der Waals surface area contributed by atoms with E-state index in [-0.39, 0.29) is 12.1 Å². The molecule has 0 fully saturated rings. The van der Waals surface area contributed by atoms with Crippen LogP contribution in [0.2, 0.25) is 0 Å². The average molecular weight is 248 g/mol. The number of carbonyl (C=O) groups is 1. The molecular formula is C11H12N4O3. The van der Waals surface area contributed by atoms with Gasteiger partial charge >= 0.3 is 0 Å². The van der Waals surface area contributed by atoms with Crippen molar-refractivity contribution < 1.29 is 9.63 Å². The molecule has 7 heteroatoms. The highest BCUT2D eigenvalue weighted by molar-refractivity contribution is 5.77. The fraction of sp³-hybridized carbons (Fsp3) is 0.273. The molecule has 0 spiro atoms. The van der Waals surface area contributed by atoms with Gasteiger partial charge in [-0.05, 0) is 19.1 Å². The fourth-order valence-electron chi connectivity index (χ4n) is 1.45. The van der Waals surface area contributed by atoms with Crippen LogP contribution in [0.5, 0.6) is 0 Å². The van der Waals surface area contributed by atoms with E-state index < -0.39 is 5.91 Å². The summed E-state index contributed by atoms with van der Waals surface area (Å²) >= 11 is 0. The first-order valence-corrected chi connectivity index (χ1v) is 5.45. The Morgan fingerprint density at radius 1 is 1.44 bits per heavy atom. The highest BCUT2D eigenvalue weighted by Gasteiger charge is 2.08. The SMILES string of the molecule is CCONC(=O)Cn1nnc2ccccc2c1=O. The Kier molecular flexibility index (Phi) is 3.63. The van der Waals surface area contributed by atoms with Gasteiger partial charge in [0.15, 0.2) is 0 Å². The number of amides is 1. The monoisotopic (exact) mass is 248 g/mol. The molecule has 1 N–H and O–H groups in total. The number of fused-ring (bicyclic) bond motifs is 1. The molecule has 1 aromatic carbocycles. The van der Waals surface area contributed by atoms with Gasteiger partial charge in [0.2, 0.25) is 0 Å². The van der Waals surface area contributed by atoms with Gasteiger partial charge in [-0.25, -0.2) is 10.2 Å². The van der Waals surface area contributed by atoms with Crippen LogP contribution in [0.3, 0.4) is 0 Å². The highest BCUT2D eigenvalue weighted by atomic mass is 16.6. The molecular weight excluding hydrogens is 236 g/mol. The summed E-state index contributed by atoms with van der Waals surface area (Å²) in [6.07, 6.45) is 0. The van der Waals surface area contributed by atoms with Crippen molar-refractivity contribution in [1.29, 1.82) is 0 Å².